The van der Waals surface area contributed by atoms with Crippen LogP contribution in [-0.4, -0.2) is 35.8 Å². The number of hydrogen-bond donors (Lipinski definition) is 1. The molecule has 1 amide bonds. The van der Waals surface area contributed by atoms with Gasteiger partial charge in [0.25, 0.3) is 5.91 Å². The molecule has 0 saturated carbocycles. The lowest BCUT2D eigenvalue weighted by Crippen LogP contribution is -2.69. The molecule has 0 spiro atoms. The van der Waals surface area contributed by atoms with Gasteiger partial charge in [-0.15, -0.1) is 0 Å². The summed E-state index contributed by atoms with van der Waals surface area (Å²) in [6, 6.07) is 2.18. The summed E-state index contributed by atoms with van der Waals surface area (Å²) in [5, 5.41) is 1.47. The predicted octanol–water partition coefficient (Wildman–Crippen LogP) is 7.41. The van der Waals surface area contributed by atoms with Crippen molar-refractivity contribution in [3.8, 4) is 0 Å². The maximum atomic E-state index is 14.5. The van der Waals surface area contributed by atoms with Crippen molar-refractivity contribution in [2.75, 3.05) is 5.32 Å². The average molecular weight is 551 g/mol. The maximum absolute atomic E-state index is 14.5. The number of amides is 1. The van der Waals surface area contributed by atoms with E-state index >= 15 is 0 Å². The lowest BCUT2D eigenvalue weighted by atomic mass is 9.88. The second-order valence-corrected chi connectivity index (χ2v) is 6.99. The molecule has 0 bridgehead atoms. The molecule has 0 aromatic heterocycles. The van der Waals surface area contributed by atoms with Crippen LogP contribution in [-0.2, 0) is 5.92 Å². The van der Waals surface area contributed by atoms with Gasteiger partial charge in [0.05, 0.1) is 5.69 Å². The van der Waals surface area contributed by atoms with Crippen LogP contribution in [0.1, 0.15) is 15.9 Å². The van der Waals surface area contributed by atoms with Gasteiger partial charge in [0.2, 0.25) is 0 Å². The predicted molar refractivity (Wildman–Crippen MR) is 90.5 cm³/mol. The molecule has 0 radical (unpaired) electrons. The Labute approximate surface area is 189 Å². The van der Waals surface area contributed by atoms with Crippen LogP contribution in [0.15, 0.2) is 42.5 Å². The smallest absolute Gasteiger partial charge is 0.319 e. The van der Waals surface area contributed by atoms with Crippen LogP contribution in [0.5, 0.6) is 0 Å². The number of alkyl halides is 13. The Kier molecular flexibility index (Phi) is 7.08. The van der Waals surface area contributed by atoms with Crippen molar-refractivity contribution in [2.24, 2.45) is 0 Å². The molecular formula is C19H8F15NO. The summed E-state index contributed by atoms with van der Waals surface area (Å²) in [6.07, 6.45) is -7.57. The fourth-order valence-corrected chi connectivity index (χ4v) is 2.67. The van der Waals surface area contributed by atoms with Crippen molar-refractivity contribution in [1.82, 2.24) is 0 Å². The van der Waals surface area contributed by atoms with Crippen LogP contribution >= 0.6 is 0 Å². The minimum Gasteiger partial charge on any atom is -0.319 e. The lowest BCUT2D eigenvalue weighted by Gasteiger charge is -2.40. The zero-order valence-corrected chi connectivity index (χ0v) is 16.6. The Morgan fingerprint density at radius 1 is 0.639 bits per heavy atom. The number of benzene rings is 2. The number of carbonyl (C=O) groups excluding carboxylic acids is 1. The van der Waals surface area contributed by atoms with Crippen LogP contribution in [0.4, 0.5) is 71.5 Å². The van der Waals surface area contributed by atoms with Crippen molar-refractivity contribution in [3.05, 3.63) is 65.2 Å². The quantitative estimate of drug-likeness (QED) is 0.357. The molecule has 2 rings (SSSR count). The largest absolute Gasteiger partial charge is 0.460 e. The summed E-state index contributed by atoms with van der Waals surface area (Å²) in [4.78, 5) is 12.2. The van der Waals surface area contributed by atoms with Crippen molar-refractivity contribution in [2.45, 2.75) is 35.8 Å². The monoisotopic (exact) mass is 551 g/mol. The Hall–Kier alpha value is -3.14. The number of anilines is 1. The average Bonchev–Trinajstić information content (AvgIpc) is 2.74. The van der Waals surface area contributed by atoms with Gasteiger partial charge in [-0.2, -0.15) is 57.1 Å². The van der Waals surface area contributed by atoms with Gasteiger partial charge in [-0.25, -0.2) is 8.78 Å². The Morgan fingerprint density at radius 3 is 1.64 bits per heavy atom. The van der Waals surface area contributed by atoms with Crippen molar-refractivity contribution in [3.63, 3.8) is 0 Å². The first-order valence-electron chi connectivity index (χ1n) is 8.85. The third kappa shape index (κ3) is 4.31. The van der Waals surface area contributed by atoms with Gasteiger partial charge in [-0.3, -0.25) is 4.79 Å². The molecule has 200 valence electrons. The van der Waals surface area contributed by atoms with E-state index in [9.17, 15) is 70.7 Å². The van der Waals surface area contributed by atoms with Crippen LogP contribution < -0.4 is 5.32 Å². The van der Waals surface area contributed by atoms with E-state index in [0.717, 1.165) is 0 Å². The number of nitrogens with one attached hydrogen (secondary N) is 1. The summed E-state index contributed by atoms with van der Waals surface area (Å²) < 4.78 is 201. The van der Waals surface area contributed by atoms with E-state index in [0.29, 0.717) is 24.3 Å². The summed E-state index contributed by atoms with van der Waals surface area (Å²) >= 11 is 0. The van der Waals surface area contributed by atoms with E-state index in [1.807, 2.05) is 0 Å². The molecule has 36 heavy (non-hydrogen) atoms. The zero-order chi connectivity index (χ0) is 28.1. The molecule has 0 unspecified atom stereocenters. The van der Waals surface area contributed by atoms with Crippen LogP contribution in [0.25, 0.3) is 0 Å². The molecule has 0 aliphatic rings. The highest BCUT2D eigenvalue weighted by Crippen LogP contribution is 2.62. The van der Waals surface area contributed by atoms with E-state index in [-0.39, 0.29) is 18.2 Å². The number of hydrogen-bond acceptors (Lipinski definition) is 1. The standard InChI is InChI=1S/C19H8F15NO/c20-8-5-6-12(11(21)7-8)35-13(36)9-3-1-2-4-10(9)14(22,23)15(24,25)16(26,27)17(28,29)18(30,31)19(32,33)34/h1-7H,(H,35,36). The Bertz CT molecular complexity index is 1140. The molecule has 2 aromatic rings. The van der Waals surface area contributed by atoms with E-state index < -0.39 is 70.1 Å². The Morgan fingerprint density at radius 2 is 1.14 bits per heavy atom. The van der Waals surface area contributed by atoms with Crippen LogP contribution in [0.3, 0.4) is 0 Å². The number of carbonyl (C=O) groups is 1. The van der Waals surface area contributed by atoms with Crippen molar-refractivity contribution < 1.29 is 70.7 Å². The highest BCUT2D eigenvalue weighted by molar-refractivity contribution is 6.05. The fraction of sp³-hybridized carbons (Fsp3) is 0.316. The van der Waals surface area contributed by atoms with Gasteiger partial charge in [0, 0.05) is 17.2 Å². The molecule has 0 saturated heterocycles. The highest BCUT2D eigenvalue weighted by Gasteiger charge is 2.91. The van der Waals surface area contributed by atoms with Gasteiger partial charge in [-0.05, 0) is 18.2 Å². The van der Waals surface area contributed by atoms with Gasteiger partial charge in [0.1, 0.15) is 11.6 Å². The fourth-order valence-electron chi connectivity index (χ4n) is 2.67. The Balaban J connectivity index is 2.61. The molecule has 0 aliphatic carbocycles. The van der Waals surface area contributed by atoms with Crippen LogP contribution in [0.2, 0.25) is 0 Å². The molecule has 0 heterocycles. The molecule has 0 atom stereocenters. The SMILES string of the molecule is O=C(Nc1ccc(F)cc1F)c1ccccc1C(F)(F)C(F)(F)C(F)(F)C(F)(F)C(F)(F)C(F)(F)F. The summed E-state index contributed by atoms with van der Waals surface area (Å²) in [5.74, 6) is -43.2. The van der Waals surface area contributed by atoms with Crippen molar-refractivity contribution in [1.29, 1.82) is 0 Å². The zero-order valence-electron chi connectivity index (χ0n) is 16.6. The summed E-state index contributed by atoms with van der Waals surface area (Å²) in [7, 11) is 0. The van der Waals surface area contributed by atoms with Gasteiger partial charge < -0.3 is 5.32 Å². The minimum absolute atomic E-state index is 0.160. The molecule has 1 N–H and O–H groups in total. The summed E-state index contributed by atoms with van der Waals surface area (Å²) in [5.41, 5.74) is -5.22. The third-order valence-corrected chi connectivity index (χ3v) is 4.62. The molecule has 0 aliphatic heterocycles. The first kappa shape index (κ1) is 29.1. The van der Waals surface area contributed by atoms with E-state index in [2.05, 4.69) is 0 Å². The third-order valence-electron chi connectivity index (χ3n) is 4.62. The van der Waals surface area contributed by atoms with Gasteiger partial charge >= 0.3 is 35.8 Å². The first-order chi connectivity index (χ1) is 16.0. The van der Waals surface area contributed by atoms with Gasteiger partial charge in [-0.1, -0.05) is 18.2 Å². The van der Waals surface area contributed by atoms with E-state index in [1.54, 1.807) is 0 Å². The van der Waals surface area contributed by atoms with Gasteiger partial charge in [0.15, 0.2) is 0 Å². The highest BCUT2D eigenvalue weighted by atomic mass is 19.4. The van der Waals surface area contributed by atoms with E-state index in [1.165, 1.54) is 5.32 Å². The second kappa shape index (κ2) is 8.76. The molecular weight excluding hydrogens is 543 g/mol. The van der Waals surface area contributed by atoms with E-state index in [4.69, 9.17) is 0 Å². The topological polar surface area (TPSA) is 29.1 Å². The number of rotatable bonds is 7. The second-order valence-electron chi connectivity index (χ2n) is 6.99. The summed E-state index contributed by atoms with van der Waals surface area (Å²) in [6.45, 7) is 0. The molecule has 2 aromatic carbocycles. The normalized spacial score (nSPS) is 14.1. The number of halogens is 15. The minimum atomic E-state index is -8.11. The first-order valence-corrected chi connectivity index (χ1v) is 8.85. The lowest BCUT2D eigenvalue weighted by molar-refractivity contribution is -0.441. The maximum Gasteiger partial charge on any atom is 0.460 e. The van der Waals surface area contributed by atoms with Crippen LogP contribution in [0, 0.1) is 11.6 Å². The van der Waals surface area contributed by atoms with Crippen molar-refractivity contribution >= 4 is 11.6 Å². The molecule has 2 nitrogen and oxygen atoms in total. The molecule has 17 heteroatoms. The molecule has 0 fully saturated rings.